The van der Waals surface area contributed by atoms with E-state index in [2.05, 4.69) is 24.2 Å². The summed E-state index contributed by atoms with van der Waals surface area (Å²) in [5.41, 5.74) is 0.812. The highest BCUT2D eigenvalue weighted by atomic mass is 35.5. The molecule has 0 amide bonds. The number of halogens is 2. The molecular formula is C12H14Cl2N2S. The Morgan fingerprint density at radius 3 is 2.82 bits per heavy atom. The number of nitrogens with zero attached hydrogens (tertiary/aromatic N) is 1. The molecule has 0 saturated carbocycles. The molecule has 1 aromatic carbocycles. The number of amidine groups is 1. The molecule has 0 spiro atoms. The van der Waals surface area contributed by atoms with Crippen molar-refractivity contribution in [2.45, 2.75) is 19.9 Å². The maximum atomic E-state index is 6.10. The zero-order valence-electron chi connectivity index (χ0n) is 9.71. The van der Waals surface area contributed by atoms with E-state index in [0.29, 0.717) is 22.0 Å². The number of rotatable bonds is 1. The van der Waals surface area contributed by atoms with Gasteiger partial charge in [-0.3, -0.25) is 4.99 Å². The van der Waals surface area contributed by atoms with Gasteiger partial charge in [0.25, 0.3) is 0 Å². The van der Waals surface area contributed by atoms with E-state index in [-0.39, 0.29) is 0 Å². The maximum absolute atomic E-state index is 6.10. The van der Waals surface area contributed by atoms with Crippen LogP contribution in [0.25, 0.3) is 0 Å². The number of hydrogen-bond acceptors (Lipinski definition) is 3. The van der Waals surface area contributed by atoms with Crippen LogP contribution < -0.4 is 5.32 Å². The van der Waals surface area contributed by atoms with E-state index >= 15 is 0 Å². The molecule has 2 atom stereocenters. The van der Waals surface area contributed by atoms with Crippen LogP contribution in [0.3, 0.4) is 0 Å². The minimum Gasteiger partial charge on any atom is -0.334 e. The van der Waals surface area contributed by atoms with E-state index in [9.17, 15) is 0 Å². The lowest BCUT2D eigenvalue weighted by atomic mass is 10.1. The van der Waals surface area contributed by atoms with Crippen LogP contribution in [0.1, 0.15) is 13.8 Å². The number of benzene rings is 1. The summed E-state index contributed by atoms with van der Waals surface area (Å²) in [6.45, 7) is 4.34. The second-order valence-corrected chi connectivity index (χ2v) is 6.06. The van der Waals surface area contributed by atoms with Gasteiger partial charge in [0.2, 0.25) is 0 Å². The topological polar surface area (TPSA) is 24.4 Å². The number of thioether (sulfide) groups is 1. The Hall–Kier alpha value is -0.380. The van der Waals surface area contributed by atoms with Crippen molar-refractivity contribution in [1.82, 2.24) is 0 Å². The summed E-state index contributed by atoms with van der Waals surface area (Å²) >= 11 is 13.8. The molecule has 1 aliphatic heterocycles. The molecule has 92 valence electrons. The highest BCUT2D eigenvalue weighted by molar-refractivity contribution is 8.14. The van der Waals surface area contributed by atoms with Crippen LogP contribution in [0, 0.1) is 5.92 Å². The molecule has 0 aliphatic carbocycles. The fraction of sp³-hybridized carbons (Fsp3) is 0.417. The van der Waals surface area contributed by atoms with Crippen LogP contribution in [-0.2, 0) is 0 Å². The monoisotopic (exact) mass is 288 g/mol. The molecule has 1 aromatic rings. The fourth-order valence-electron chi connectivity index (χ4n) is 1.48. The Morgan fingerprint density at radius 2 is 2.12 bits per heavy atom. The van der Waals surface area contributed by atoms with Crippen molar-refractivity contribution in [2.24, 2.45) is 10.9 Å². The second kappa shape index (κ2) is 5.51. The summed E-state index contributed by atoms with van der Waals surface area (Å²) in [5.74, 6) is 1.69. The van der Waals surface area contributed by atoms with Gasteiger partial charge in [-0.05, 0) is 31.0 Å². The van der Waals surface area contributed by atoms with Gasteiger partial charge in [0.1, 0.15) is 0 Å². The molecule has 0 bridgehead atoms. The average molecular weight is 289 g/mol. The predicted molar refractivity (Wildman–Crippen MR) is 78.6 cm³/mol. The Labute approximate surface area is 116 Å². The molecule has 17 heavy (non-hydrogen) atoms. The molecule has 1 aliphatic rings. The zero-order chi connectivity index (χ0) is 12.4. The van der Waals surface area contributed by atoms with Gasteiger partial charge in [-0.25, -0.2) is 0 Å². The van der Waals surface area contributed by atoms with E-state index in [4.69, 9.17) is 23.2 Å². The molecule has 1 N–H and O–H groups in total. The van der Waals surface area contributed by atoms with Gasteiger partial charge in [-0.1, -0.05) is 41.9 Å². The quantitative estimate of drug-likeness (QED) is 0.821. The molecule has 5 heteroatoms. The van der Waals surface area contributed by atoms with Gasteiger partial charge < -0.3 is 5.32 Å². The van der Waals surface area contributed by atoms with E-state index < -0.39 is 0 Å². The van der Waals surface area contributed by atoms with Crippen LogP contribution in [0.5, 0.6) is 0 Å². The fourth-order valence-corrected chi connectivity index (χ4v) is 2.94. The summed E-state index contributed by atoms with van der Waals surface area (Å²) in [4.78, 5) is 4.60. The summed E-state index contributed by atoms with van der Waals surface area (Å²) in [5, 5.41) is 5.48. The van der Waals surface area contributed by atoms with Crippen molar-refractivity contribution in [3.8, 4) is 0 Å². The van der Waals surface area contributed by atoms with E-state index in [1.54, 1.807) is 23.9 Å². The normalized spacial score (nSPS) is 24.4. The molecule has 2 unspecified atom stereocenters. The highest BCUT2D eigenvalue weighted by Gasteiger charge is 2.19. The van der Waals surface area contributed by atoms with Crippen LogP contribution in [-0.4, -0.2) is 17.0 Å². The van der Waals surface area contributed by atoms with Crippen LogP contribution >= 0.6 is 35.0 Å². The van der Waals surface area contributed by atoms with Crippen molar-refractivity contribution in [3.63, 3.8) is 0 Å². The van der Waals surface area contributed by atoms with Gasteiger partial charge in [0.05, 0.1) is 16.8 Å². The first-order chi connectivity index (χ1) is 8.06. The summed E-state index contributed by atoms with van der Waals surface area (Å²) < 4.78 is 0. The SMILES string of the molecule is CC1CSC(Nc2cc(Cl)ccc2Cl)=NC1C. The maximum Gasteiger partial charge on any atom is 0.161 e. The Kier molecular flexibility index (Phi) is 4.23. The van der Waals surface area contributed by atoms with E-state index in [1.165, 1.54) is 0 Å². The number of hydrogen-bond donors (Lipinski definition) is 1. The molecule has 0 fully saturated rings. The third-order valence-electron chi connectivity index (χ3n) is 2.80. The van der Waals surface area contributed by atoms with Crippen molar-refractivity contribution in [1.29, 1.82) is 0 Å². The second-order valence-electron chi connectivity index (χ2n) is 4.21. The van der Waals surface area contributed by atoms with Gasteiger partial charge in [0, 0.05) is 10.8 Å². The zero-order valence-corrected chi connectivity index (χ0v) is 12.0. The predicted octanol–water partition coefficient (Wildman–Crippen LogP) is 4.53. The number of anilines is 1. The number of nitrogens with one attached hydrogen (secondary N) is 1. The minimum absolute atomic E-state index is 0.344. The molecule has 0 saturated heterocycles. The van der Waals surface area contributed by atoms with Crippen molar-refractivity contribution < 1.29 is 0 Å². The number of aliphatic imine (C=N–C) groups is 1. The van der Waals surface area contributed by atoms with Crippen LogP contribution in [0.15, 0.2) is 23.2 Å². The van der Waals surface area contributed by atoms with Crippen LogP contribution in [0.4, 0.5) is 5.69 Å². The summed E-state index contributed by atoms with van der Waals surface area (Å²) in [6.07, 6.45) is 0. The third kappa shape index (κ3) is 3.30. The first kappa shape index (κ1) is 13.1. The van der Waals surface area contributed by atoms with Crippen molar-refractivity contribution in [2.75, 3.05) is 11.1 Å². The van der Waals surface area contributed by atoms with Gasteiger partial charge in [-0.15, -0.1) is 0 Å². The minimum atomic E-state index is 0.344. The molecule has 0 aromatic heterocycles. The molecule has 0 radical (unpaired) electrons. The van der Waals surface area contributed by atoms with E-state index in [0.717, 1.165) is 16.6 Å². The van der Waals surface area contributed by atoms with Gasteiger partial charge in [0.15, 0.2) is 5.17 Å². The lowest BCUT2D eigenvalue weighted by molar-refractivity contribution is 0.537. The van der Waals surface area contributed by atoms with Crippen molar-refractivity contribution >= 4 is 45.8 Å². The first-order valence-electron chi connectivity index (χ1n) is 5.49. The van der Waals surface area contributed by atoms with Gasteiger partial charge in [-0.2, -0.15) is 0 Å². The molecule has 2 rings (SSSR count). The smallest absolute Gasteiger partial charge is 0.161 e. The Bertz CT molecular complexity index is 448. The molecular weight excluding hydrogens is 275 g/mol. The lowest BCUT2D eigenvalue weighted by Gasteiger charge is -2.24. The Balaban J connectivity index is 2.16. The highest BCUT2D eigenvalue weighted by Crippen LogP contribution is 2.29. The van der Waals surface area contributed by atoms with Gasteiger partial charge >= 0.3 is 0 Å². The van der Waals surface area contributed by atoms with E-state index in [1.807, 2.05) is 6.07 Å². The summed E-state index contributed by atoms with van der Waals surface area (Å²) in [6, 6.07) is 5.72. The first-order valence-corrected chi connectivity index (χ1v) is 7.23. The third-order valence-corrected chi connectivity index (χ3v) is 4.54. The Morgan fingerprint density at radius 1 is 1.35 bits per heavy atom. The standard InChI is InChI=1S/C12H14Cl2N2S/c1-7-6-17-12(15-8(7)2)16-11-5-9(13)3-4-10(11)14/h3-5,7-8H,6H2,1-2H3,(H,15,16). The molecule has 2 nitrogen and oxygen atoms in total. The van der Waals surface area contributed by atoms with Crippen molar-refractivity contribution in [3.05, 3.63) is 28.2 Å². The average Bonchev–Trinajstić information content (AvgIpc) is 2.29. The largest absolute Gasteiger partial charge is 0.334 e. The molecule has 1 heterocycles. The van der Waals surface area contributed by atoms with Crippen LogP contribution in [0.2, 0.25) is 10.0 Å². The lowest BCUT2D eigenvalue weighted by Crippen LogP contribution is -2.25. The summed E-state index contributed by atoms with van der Waals surface area (Å²) in [7, 11) is 0.